The van der Waals surface area contributed by atoms with Gasteiger partial charge in [-0.25, -0.2) is 0 Å². The zero-order valence-electron chi connectivity index (χ0n) is 24.8. The molecule has 142 valence electrons. The van der Waals surface area contributed by atoms with Gasteiger partial charge in [-0.05, 0) is 23.4 Å². The number of hydrogen-bond donors (Lipinski definition) is 2. The van der Waals surface area contributed by atoms with Gasteiger partial charge in [-0.2, -0.15) is 0 Å². The van der Waals surface area contributed by atoms with Gasteiger partial charge in [-0.15, -0.1) is 0 Å². The molecule has 1 unspecified atom stereocenters. The maximum Gasteiger partial charge on any atom is 0.249 e. The Morgan fingerprint density at radius 1 is 1.50 bits per heavy atom. The van der Waals surface area contributed by atoms with Gasteiger partial charge in [-0.1, -0.05) is 44.9 Å². The van der Waals surface area contributed by atoms with E-state index < -0.39 is 84.5 Å². The largest absolute Gasteiger partial charge is 0.385 e. The van der Waals surface area contributed by atoms with Crippen molar-refractivity contribution >= 4 is 17.6 Å². The molecule has 1 aromatic rings. The first-order chi connectivity index (χ1) is 16.1. The number of likely N-dealkylation sites (N-methyl/N-ethyl adjacent to an activating group) is 1. The van der Waals surface area contributed by atoms with Crippen molar-refractivity contribution in [2.45, 2.75) is 45.6 Å². The Morgan fingerprint density at radius 3 is 2.88 bits per heavy atom. The average Bonchev–Trinajstić information content (AvgIpc) is 2.85. The number of carbonyl (C=O) groups is 3. The number of nitrogens with one attached hydrogen (secondary N) is 1. The zero-order chi connectivity index (χ0) is 28.2. The number of benzene rings is 1. The lowest BCUT2D eigenvalue weighted by Gasteiger charge is -2.24. The predicted molar refractivity (Wildman–Crippen MR) is 98.3 cm³/mol. The van der Waals surface area contributed by atoms with Gasteiger partial charge in [0, 0.05) is 31.4 Å². The molecule has 0 bridgehead atoms. The predicted octanol–water partition coefficient (Wildman–Crippen LogP) is 1.47. The van der Waals surface area contributed by atoms with Crippen molar-refractivity contribution in [1.82, 2.24) is 10.2 Å². The number of amides is 2. The zero-order valence-corrected chi connectivity index (χ0v) is 14.8. The molecular weight excluding hydrogens is 332 g/mol. The van der Waals surface area contributed by atoms with Gasteiger partial charge in [0.1, 0.15) is 12.1 Å². The van der Waals surface area contributed by atoms with E-state index >= 15 is 0 Å². The molecule has 0 aliphatic carbocycles. The highest BCUT2D eigenvalue weighted by Crippen LogP contribution is 2.25. The first-order valence-corrected chi connectivity index (χ1v) is 8.05. The summed E-state index contributed by atoms with van der Waals surface area (Å²) >= 11 is 0. The SMILES string of the molecule is [2H]c1c([2H])c([2H])c2c(c1[2H])CCN(C)C(=O)[C@@]2([2H])NC(=O)[C@H](C)CC(=O)[C@@]([2H])(O)C([2H])(C)C([2H])([2H])[2H]. The third-order valence-electron chi connectivity index (χ3n) is 4.08. The fourth-order valence-electron chi connectivity index (χ4n) is 2.46. The van der Waals surface area contributed by atoms with Crippen LogP contribution >= 0.6 is 0 Å². The maximum atomic E-state index is 13.1. The van der Waals surface area contributed by atoms with E-state index in [9.17, 15) is 19.5 Å². The second kappa shape index (κ2) is 8.45. The summed E-state index contributed by atoms with van der Waals surface area (Å²) < 4.78 is 78.9. The number of rotatable bonds is 6. The summed E-state index contributed by atoms with van der Waals surface area (Å²) in [5.74, 6) is -7.87. The van der Waals surface area contributed by atoms with Gasteiger partial charge >= 0.3 is 0 Å². The van der Waals surface area contributed by atoms with Crippen LogP contribution in [0, 0.1) is 11.8 Å². The molecule has 6 heteroatoms. The number of fused-ring (bicyclic) bond motifs is 1. The van der Waals surface area contributed by atoms with Crippen molar-refractivity contribution in [3.63, 3.8) is 0 Å². The van der Waals surface area contributed by atoms with Gasteiger partial charge in [-0.3, -0.25) is 14.4 Å². The Bertz CT molecular complexity index is 1110. The number of hydrogen-bond acceptors (Lipinski definition) is 4. The van der Waals surface area contributed by atoms with Crippen LogP contribution in [0.4, 0.5) is 0 Å². The second-order valence-corrected chi connectivity index (χ2v) is 6.20. The molecule has 26 heavy (non-hydrogen) atoms. The van der Waals surface area contributed by atoms with Crippen LogP contribution < -0.4 is 5.32 Å². The fourth-order valence-corrected chi connectivity index (χ4v) is 2.46. The monoisotopic (exact) mass is 370 g/mol. The van der Waals surface area contributed by atoms with E-state index in [1.807, 2.05) is 0 Å². The standard InChI is InChI=1S/C20H28N2O4/c1-12(2)18(24)16(23)11-13(3)19(25)21-17-15-8-6-5-7-14(15)9-10-22(4)20(17)26/h5-8,12-13,17-18,24H,9-11H2,1-4H3,(H,21,25)/t13-,17+,18+/m1/s1/i1D3,5D,6D,7D,8D,12D,17D,18D/t12?,13-,17+,18+. The Labute approximate surface area is 168 Å². The molecule has 0 aromatic heterocycles. The van der Waals surface area contributed by atoms with E-state index in [1.54, 1.807) is 0 Å². The fraction of sp³-hybridized carbons (Fsp3) is 0.550. The van der Waals surface area contributed by atoms with Crippen molar-refractivity contribution < 1.29 is 33.2 Å². The lowest BCUT2D eigenvalue weighted by atomic mass is 9.94. The number of Topliss-reactive ketones (excluding diaryl/α,β-unsaturated/α-hetero) is 1. The van der Waals surface area contributed by atoms with Crippen molar-refractivity contribution in [3.05, 3.63) is 35.3 Å². The van der Waals surface area contributed by atoms with Crippen molar-refractivity contribution in [3.8, 4) is 0 Å². The minimum Gasteiger partial charge on any atom is -0.385 e. The lowest BCUT2D eigenvalue weighted by Crippen LogP contribution is -2.43. The van der Waals surface area contributed by atoms with Crippen LogP contribution in [-0.4, -0.2) is 47.3 Å². The van der Waals surface area contributed by atoms with Crippen molar-refractivity contribution in [1.29, 1.82) is 0 Å². The van der Waals surface area contributed by atoms with Gasteiger partial charge < -0.3 is 15.3 Å². The molecule has 2 rings (SSSR count). The summed E-state index contributed by atoms with van der Waals surface area (Å²) in [6.07, 6.45) is -4.33. The van der Waals surface area contributed by atoms with Crippen LogP contribution in [0.2, 0.25) is 0 Å². The van der Waals surface area contributed by atoms with Crippen LogP contribution in [0.3, 0.4) is 0 Å². The smallest absolute Gasteiger partial charge is 0.249 e. The number of ketones is 1. The molecule has 1 heterocycles. The maximum absolute atomic E-state index is 13.1. The van der Waals surface area contributed by atoms with E-state index in [-0.39, 0.29) is 18.5 Å². The number of carbonyl (C=O) groups excluding carboxylic acids is 3. The summed E-state index contributed by atoms with van der Waals surface area (Å²) in [6, 6.07) is -5.10. The number of aliphatic hydroxyl groups is 1. The van der Waals surface area contributed by atoms with Crippen molar-refractivity contribution in [2.75, 3.05) is 13.6 Å². The van der Waals surface area contributed by atoms with E-state index in [0.717, 1.165) is 11.8 Å². The summed E-state index contributed by atoms with van der Waals surface area (Å²) in [5.41, 5.74) is -0.464. The molecule has 1 aliphatic heterocycles. The van der Waals surface area contributed by atoms with E-state index in [0.29, 0.717) is 6.92 Å². The lowest BCUT2D eigenvalue weighted by molar-refractivity contribution is -0.137. The molecule has 2 amide bonds. The first-order valence-electron chi connectivity index (χ1n) is 13.1. The molecular formula is C20H28N2O4. The Hall–Kier alpha value is -2.21. The van der Waals surface area contributed by atoms with E-state index in [4.69, 9.17) is 13.7 Å². The highest BCUT2D eigenvalue weighted by molar-refractivity contribution is 5.92. The molecule has 0 fully saturated rings. The minimum atomic E-state index is -3.41. The topological polar surface area (TPSA) is 86.7 Å². The van der Waals surface area contributed by atoms with Crippen LogP contribution in [0.5, 0.6) is 0 Å². The van der Waals surface area contributed by atoms with Crippen LogP contribution in [0.25, 0.3) is 0 Å². The molecule has 1 aromatic carbocycles. The Kier molecular flexibility index (Phi) is 3.32. The third kappa shape index (κ3) is 4.49. The molecule has 0 radical (unpaired) electrons. The molecule has 2 N–H and O–H groups in total. The second-order valence-electron chi connectivity index (χ2n) is 6.20. The molecule has 0 saturated heterocycles. The Morgan fingerprint density at radius 2 is 2.19 bits per heavy atom. The molecule has 1 aliphatic rings. The first kappa shape index (κ1) is 10.2. The minimum absolute atomic E-state index is 0.00155. The quantitative estimate of drug-likeness (QED) is 0.794. The highest BCUT2D eigenvalue weighted by atomic mass is 16.3. The summed E-state index contributed by atoms with van der Waals surface area (Å²) in [5, 5.41) is 12.4. The summed E-state index contributed by atoms with van der Waals surface area (Å²) in [4.78, 5) is 39.8. The van der Waals surface area contributed by atoms with E-state index in [2.05, 4.69) is 5.32 Å². The summed E-state index contributed by atoms with van der Waals surface area (Å²) in [7, 11) is 1.33. The van der Waals surface area contributed by atoms with Gasteiger partial charge in [0.15, 0.2) is 5.78 Å². The van der Waals surface area contributed by atoms with Crippen molar-refractivity contribution in [2.24, 2.45) is 11.8 Å². The molecule has 0 spiro atoms. The third-order valence-corrected chi connectivity index (χ3v) is 4.08. The van der Waals surface area contributed by atoms with Gasteiger partial charge in [0.25, 0.3) is 0 Å². The molecule has 4 atom stereocenters. The molecule has 0 saturated carbocycles. The van der Waals surface area contributed by atoms with E-state index in [1.165, 1.54) is 7.05 Å². The number of nitrogens with zero attached hydrogens (tertiary/aromatic N) is 1. The summed E-state index contributed by atoms with van der Waals surface area (Å²) in [6.45, 7) is -1.35. The normalized spacial score (nSPS) is 31.8. The van der Waals surface area contributed by atoms with Crippen LogP contribution in [0.15, 0.2) is 24.2 Å². The average molecular weight is 371 g/mol. The van der Waals surface area contributed by atoms with Crippen LogP contribution in [-0.2, 0) is 20.8 Å². The molecule has 6 nitrogen and oxygen atoms in total. The highest BCUT2D eigenvalue weighted by Gasteiger charge is 2.32. The van der Waals surface area contributed by atoms with Gasteiger partial charge in [0.2, 0.25) is 11.8 Å². The Balaban J connectivity index is 2.46. The van der Waals surface area contributed by atoms with Gasteiger partial charge in [0.05, 0.1) is 8.22 Å². The van der Waals surface area contributed by atoms with Crippen LogP contribution in [0.1, 0.15) is 58.0 Å².